The third-order valence-electron chi connectivity index (χ3n) is 2.69. The summed E-state index contributed by atoms with van der Waals surface area (Å²) in [4.78, 5) is 46.8. The van der Waals surface area contributed by atoms with Gasteiger partial charge in [-0.3, -0.25) is 19.3 Å². The molecule has 2 N–H and O–H groups in total. The van der Waals surface area contributed by atoms with Crippen molar-refractivity contribution in [2.75, 3.05) is 0 Å². The topological polar surface area (TPSA) is 112 Å². The van der Waals surface area contributed by atoms with Crippen LogP contribution in [0.5, 0.6) is 0 Å². The number of likely N-dealkylation sites (tertiary alicyclic amines) is 1. The highest BCUT2D eigenvalue weighted by atomic mass is 35.5. The molecule has 7 nitrogen and oxygen atoms in total. The minimum absolute atomic E-state index is 0.129. The highest BCUT2D eigenvalue weighted by Crippen LogP contribution is 2.41. The molecule has 1 aliphatic rings. The maximum atomic E-state index is 12.0. The van der Waals surface area contributed by atoms with Gasteiger partial charge >= 0.3 is 5.97 Å². The van der Waals surface area contributed by atoms with Crippen molar-refractivity contribution < 1.29 is 29.4 Å². The fourth-order valence-electron chi connectivity index (χ4n) is 1.82. The second kappa shape index (κ2) is 7.49. The van der Waals surface area contributed by atoms with Gasteiger partial charge in [-0.2, -0.15) is 0 Å². The molecule has 1 rings (SSSR count). The van der Waals surface area contributed by atoms with Crippen LogP contribution in [-0.2, 0) is 19.2 Å². The summed E-state index contributed by atoms with van der Waals surface area (Å²) >= 11 is 7.07. The third kappa shape index (κ3) is 4.03. The summed E-state index contributed by atoms with van der Waals surface area (Å²) in [7, 11) is 0. The fourth-order valence-corrected chi connectivity index (χ4v) is 4.28. The molecule has 0 bridgehead atoms. The predicted molar refractivity (Wildman–Crippen MR) is 82.9 cm³/mol. The Morgan fingerprint density at radius 3 is 1.95 bits per heavy atom. The van der Waals surface area contributed by atoms with Gasteiger partial charge < -0.3 is 10.2 Å². The Kier molecular flexibility index (Phi) is 6.48. The molecular formula is C12H14ClNO6S2. The average molecular weight is 368 g/mol. The average Bonchev–Trinajstić information content (AvgIpc) is 2.32. The minimum atomic E-state index is -1.49. The van der Waals surface area contributed by atoms with E-state index in [9.17, 15) is 29.4 Å². The Balaban J connectivity index is 3.28. The number of rotatable bonds is 5. The van der Waals surface area contributed by atoms with Gasteiger partial charge in [0.1, 0.15) is 5.50 Å². The van der Waals surface area contributed by atoms with E-state index in [-0.39, 0.29) is 4.24 Å². The standard InChI is InChI=1S/C12H14ClNO6S2/c1-4(15)7-9(13)14(10(7)18)8(11(19)20)12(21-5(2)16)22-6(3)17/h4,7,9,15H,1-3H3,(H,19,20)/t4-,7-,9+/m1/s1. The van der Waals surface area contributed by atoms with E-state index in [0.29, 0.717) is 23.5 Å². The van der Waals surface area contributed by atoms with Gasteiger partial charge in [-0.1, -0.05) is 11.6 Å². The summed E-state index contributed by atoms with van der Waals surface area (Å²) in [5, 5.41) is 17.9. The molecule has 0 aliphatic carbocycles. The smallest absolute Gasteiger partial charge is 0.354 e. The molecular weight excluding hydrogens is 354 g/mol. The Hall–Kier alpha value is -1.03. The Labute approximate surface area is 140 Å². The van der Waals surface area contributed by atoms with Crippen LogP contribution in [0.2, 0.25) is 0 Å². The molecule has 1 aliphatic heterocycles. The molecule has 0 aromatic carbocycles. The summed E-state index contributed by atoms with van der Waals surface area (Å²) in [6.07, 6.45) is -1.04. The van der Waals surface area contributed by atoms with Gasteiger partial charge in [-0.25, -0.2) is 4.79 Å². The van der Waals surface area contributed by atoms with E-state index in [1.165, 1.54) is 20.8 Å². The lowest BCUT2D eigenvalue weighted by Gasteiger charge is -2.45. The first-order chi connectivity index (χ1) is 10.1. The van der Waals surface area contributed by atoms with Gasteiger partial charge in [0, 0.05) is 13.8 Å². The van der Waals surface area contributed by atoms with E-state index in [0.717, 1.165) is 4.90 Å². The summed E-state index contributed by atoms with van der Waals surface area (Å²) in [6.45, 7) is 3.79. The maximum absolute atomic E-state index is 12.0. The molecule has 22 heavy (non-hydrogen) atoms. The van der Waals surface area contributed by atoms with Crippen LogP contribution in [0.25, 0.3) is 0 Å². The van der Waals surface area contributed by atoms with Crippen molar-refractivity contribution in [1.82, 2.24) is 4.90 Å². The molecule has 1 amide bonds. The molecule has 0 radical (unpaired) electrons. The van der Waals surface area contributed by atoms with Crippen LogP contribution in [0.4, 0.5) is 0 Å². The predicted octanol–water partition coefficient (Wildman–Crippen LogP) is 1.20. The second-order valence-electron chi connectivity index (χ2n) is 4.48. The maximum Gasteiger partial charge on any atom is 0.354 e. The number of aliphatic hydroxyl groups excluding tert-OH is 1. The van der Waals surface area contributed by atoms with Crippen molar-refractivity contribution >= 4 is 57.2 Å². The van der Waals surface area contributed by atoms with Crippen LogP contribution in [0.15, 0.2) is 9.93 Å². The number of carboxylic acids is 1. The number of aliphatic hydroxyl groups is 1. The van der Waals surface area contributed by atoms with Gasteiger partial charge in [0.05, 0.1) is 16.3 Å². The molecule has 122 valence electrons. The van der Waals surface area contributed by atoms with Crippen molar-refractivity contribution in [3.05, 3.63) is 9.93 Å². The van der Waals surface area contributed by atoms with E-state index in [1.807, 2.05) is 0 Å². The van der Waals surface area contributed by atoms with Crippen LogP contribution in [0.1, 0.15) is 20.8 Å². The SMILES string of the molecule is CC(=O)SC(SC(C)=O)=C(C(=O)O)N1C(=O)[C@H]([C@@H](C)O)[C@H]1Cl. The molecule has 0 aromatic rings. The quantitative estimate of drug-likeness (QED) is 0.322. The number of hydrogen-bond donors (Lipinski definition) is 2. The van der Waals surface area contributed by atoms with Gasteiger partial charge in [-0.15, -0.1) is 0 Å². The Morgan fingerprint density at radius 2 is 1.68 bits per heavy atom. The van der Waals surface area contributed by atoms with E-state index >= 15 is 0 Å². The van der Waals surface area contributed by atoms with Crippen molar-refractivity contribution in [2.24, 2.45) is 5.92 Å². The molecule has 0 saturated carbocycles. The number of β-lactam (4-membered cyclic amide) rings is 1. The van der Waals surface area contributed by atoms with Crippen LogP contribution in [-0.4, -0.2) is 48.8 Å². The van der Waals surface area contributed by atoms with Crippen LogP contribution < -0.4 is 0 Å². The lowest BCUT2D eigenvalue weighted by Crippen LogP contribution is -2.62. The van der Waals surface area contributed by atoms with E-state index in [2.05, 4.69) is 0 Å². The number of carboxylic acid groups (broad SMARTS) is 1. The Morgan fingerprint density at radius 1 is 1.23 bits per heavy atom. The fraction of sp³-hybridized carbons (Fsp3) is 0.500. The lowest BCUT2D eigenvalue weighted by molar-refractivity contribution is -0.157. The Bertz CT molecular complexity index is 544. The van der Waals surface area contributed by atoms with Crippen LogP contribution in [0.3, 0.4) is 0 Å². The first kappa shape index (κ1) is 19.0. The summed E-state index contributed by atoms with van der Waals surface area (Å²) in [6, 6.07) is 0. The number of amides is 1. The number of hydrogen-bond acceptors (Lipinski definition) is 7. The van der Waals surface area contributed by atoms with Crippen molar-refractivity contribution in [3.8, 4) is 0 Å². The molecule has 1 fully saturated rings. The summed E-state index contributed by atoms with van der Waals surface area (Å²) < 4.78 is -0.129. The highest BCUT2D eigenvalue weighted by Gasteiger charge is 2.52. The summed E-state index contributed by atoms with van der Waals surface area (Å²) in [5.41, 5.74) is -1.59. The van der Waals surface area contributed by atoms with Gasteiger partial charge in [0.2, 0.25) is 5.91 Å². The molecule has 0 unspecified atom stereocenters. The second-order valence-corrected chi connectivity index (χ2v) is 7.56. The van der Waals surface area contributed by atoms with Gasteiger partial charge in [0.25, 0.3) is 0 Å². The zero-order valence-corrected chi connectivity index (χ0v) is 14.3. The zero-order valence-electron chi connectivity index (χ0n) is 11.9. The largest absolute Gasteiger partial charge is 0.477 e. The number of aliphatic carboxylic acids is 1. The van der Waals surface area contributed by atoms with Crippen molar-refractivity contribution in [1.29, 1.82) is 0 Å². The van der Waals surface area contributed by atoms with E-state index < -0.39 is 45.3 Å². The molecule has 1 heterocycles. The number of carbonyl (C=O) groups is 4. The molecule has 0 spiro atoms. The molecule has 3 atom stereocenters. The van der Waals surface area contributed by atoms with Gasteiger partial charge in [-0.05, 0) is 30.4 Å². The monoisotopic (exact) mass is 367 g/mol. The van der Waals surface area contributed by atoms with E-state index in [4.69, 9.17) is 11.6 Å². The normalized spacial score (nSPS) is 21.9. The first-order valence-electron chi connectivity index (χ1n) is 6.07. The molecule has 1 saturated heterocycles. The van der Waals surface area contributed by atoms with Crippen molar-refractivity contribution in [3.63, 3.8) is 0 Å². The van der Waals surface area contributed by atoms with Crippen LogP contribution >= 0.6 is 35.1 Å². The number of nitrogens with zero attached hydrogens (tertiary/aromatic N) is 1. The van der Waals surface area contributed by atoms with Crippen LogP contribution in [0, 0.1) is 5.92 Å². The first-order valence-corrected chi connectivity index (χ1v) is 8.14. The third-order valence-corrected chi connectivity index (χ3v) is 4.99. The number of thioether (sulfide) groups is 2. The van der Waals surface area contributed by atoms with Gasteiger partial charge in [0.15, 0.2) is 15.9 Å². The van der Waals surface area contributed by atoms with Crippen molar-refractivity contribution in [2.45, 2.75) is 32.4 Å². The number of halogens is 1. The minimum Gasteiger partial charge on any atom is -0.477 e. The zero-order chi connectivity index (χ0) is 17.2. The lowest BCUT2D eigenvalue weighted by atomic mass is 9.92. The molecule has 10 heteroatoms. The molecule has 0 aromatic heterocycles. The highest BCUT2D eigenvalue weighted by molar-refractivity contribution is 8.34. The number of carbonyl (C=O) groups excluding carboxylic acids is 3. The van der Waals surface area contributed by atoms with E-state index in [1.54, 1.807) is 0 Å². The summed E-state index contributed by atoms with van der Waals surface area (Å²) in [5.74, 6) is -3.08. The number of alkyl halides is 1.